The predicted molar refractivity (Wildman–Crippen MR) is 32.6 cm³/mol. The van der Waals surface area contributed by atoms with E-state index in [-0.39, 0.29) is 11.1 Å². The Labute approximate surface area is 52.7 Å². The maximum absolute atomic E-state index is 8.09. The zero-order valence-electron chi connectivity index (χ0n) is 5.04. The van der Waals surface area contributed by atoms with Gasteiger partial charge in [-0.05, 0) is 24.8 Å². The molecule has 0 unspecified atom stereocenters. The zero-order valence-corrected chi connectivity index (χ0v) is 5.04. The molecule has 2 bridgehead atoms. The first-order valence-corrected chi connectivity index (χ1v) is 3.03. The summed E-state index contributed by atoms with van der Waals surface area (Å²) < 4.78 is 0. The van der Waals surface area contributed by atoms with Crippen molar-refractivity contribution in [1.29, 1.82) is 0 Å². The number of azide groups is 1. The largest absolute Gasteiger partial charge is 0.325 e. The quantitative estimate of drug-likeness (QED) is 0.315. The third-order valence-electron chi connectivity index (χ3n) is 2.30. The molecular weight excluding hydrogens is 116 g/mol. The lowest BCUT2D eigenvalue weighted by Crippen LogP contribution is -2.75. The van der Waals surface area contributed by atoms with Crippen LogP contribution < -0.4 is 5.73 Å². The average molecular weight is 124 g/mol. The first-order valence-electron chi connectivity index (χ1n) is 3.03. The van der Waals surface area contributed by atoms with Gasteiger partial charge in [0.15, 0.2) is 0 Å². The highest BCUT2D eigenvalue weighted by atomic mass is 15.2. The molecule has 3 fully saturated rings. The van der Waals surface area contributed by atoms with Gasteiger partial charge >= 0.3 is 0 Å². The summed E-state index contributed by atoms with van der Waals surface area (Å²) in [4.78, 5) is 2.77. The van der Waals surface area contributed by atoms with Crippen LogP contribution in [0.3, 0.4) is 0 Å². The molecule has 9 heavy (non-hydrogen) atoms. The summed E-state index contributed by atoms with van der Waals surface area (Å²) >= 11 is 0. The minimum absolute atomic E-state index is 0.0382. The van der Waals surface area contributed by atoms with Gasteiger partial charge in [0.2, 0.25) is 0 Å². The van der Waals surface area contributed by atoms with Crippen molar-refractivity contribution in [2.45, 2.75) is 30.3 Å². The monoisotopic (exact) mass is 124 g/mol. The van der Waals surface area contributed by atoms with Gasteiger partial charge in [0.25, 0.3) is 0 Å². The minimum Gasteiger partial charge on any atom is -0.325 e. The van der Waals surface area contributed by atoms with E-state index in [2.05, 4.69) is 10.0 Å². The van der Waals surface area contributed by atoms with Crippen LogP contribution >= 0.6 is 0 Å². The molecular formula is C5H8N4. The molecule has 3 saturated carbocycles. The normalized spacial score (nSPS) is 52.6. The molecule has 0 amide bonds. The summed E-state index contributed by atoms with van der Waals surface area (Å²) in [7, 11) is 0. The van der Waals surface area contributed by atoms with E-state index in [1.54, 1.807) is 0 Å². The number of hydrogen-bond donors (Lipinski definition) is 1. The lowest BCUT2D eigenvalue weighted by molar-refractivity contribution is -0.0483. The topological polar surface area (TPSA) is 74.8 Å². The molecule has 4 heteroatoms. The van der Waals surface area contributed by atoms with Crippen LogP contribution in [0.15, 0.2) is 5.11 Å². The van der Waals surface area contributed by atoms with Gasteiger partial charge in [-0.3, -0.25) is 0 Å². The molecule has 0 heterocycles. The Morgan fingerprint density at radius 1 is 1.44 bits per heavy atom. The first-order chi connectivity index (χ1) is 4.18. The molecule has 2 N–H and O–H groups in total. The fraction of sp³-hybridized carbons (Fsp3) is 1.00. The Kier molecular flexibility index (Phi) is 0.610. The van der Waals surface area contributed by atoms with Gasteiger partial charge in [-0.15, -0.1) is 0 Å². The van der Waals surface area contributed by atoms with E-state index in [1.807, 2.05) is 0 Å². The summed E-state index contributed by atoms with van der Waals surface area (Å²) in [5, 5.41) is 3.67. The van der Waals surface area contributed by atoms with Crippen LogP contribution in [0.5, 0.6) is 0 Å². The predicted octanol–water partition coefficient (Wildman–Crippen LogP) is 0.931. The van der Waals surface area contributed by atoms with Crippen molar-refractivity contribution in [2.24, 2.45) is 10.8 Å². The van der Waals surface area contributed by atoms with Gasteiger partial charge in [0.05, 0.1) is 5.54 Å². The molecule has 3 aliphatic rings. The van der Waals surface area contributed by atoms with Crippen molar-refractivity contribution in [3.8, 4) is 0 Å². The Bertz CT molecular complexity index is 183. The van der Waals surface area contributed by atoms with Gasteiger partial charge in [0.1, 0.15) is 0 Å². The third kappa shape index (κ3) is 0.446. The van der Waals surface area contributed by atoms with Crippen LogP contribution in [0.4, 0.5) is 0 Å². The van der Waals surface area contributed by atoms with Crippen LogP contribution in [0.25, 0.3) is 10.4 Å². The molecule has 0 spiro atoms. The summed E-state index contributed by atoms with van der Waals surface area (Å²) in [6.45, 7) is 0. The van der Waals surface area contributed by atoms with E-state index < -0.39 is 0 Å². The molecule has 3 aliphatic carbocycles. The van der Waals surface area contributed by atoms with Crippen LogP contribution in [-0.2, 0) is 0 Å². The van der Waals surface area contributed by atoms with Crippen molar-refractivity contribution in [1.82, 2.24) is 0 Å². The van der Waals surface area contributed by atoms with E-state index in [4.69, 9.17) is 11.3 Å². The number of nitrogens with two attached hydrogens (primary N) is 1. The maximum Gasteiger partial charge on any atom is 0.0540 e. The van der Waals surface area contributed by atoms with E-state index in [0.29, 0.717) is 0 Å². The molecule has 0 saturated heterocycles. The molecule has 0 aliphatic heterocycles. The van der Waals surface area contributed by atoms with E-state index in [1.165, 1.54) is 0 Å². The standard InChI is InChI=1S/C5H8N4/c6-4-1-5(2-4,3-4)8-9-7/h1-3,6H2. The van der Waals surface area contributed by atoms with Crippen molar-refractivity contribution in [3.63, 3.8) is 0 Å². The highest BCUT2D eigenvalue weighted by Crippen LogP contribution is 2.61. The van der Waals surface area contributed by atoms with Crippen molar-refractivity contribution in [3.05, 3.63) is 10.4 Å². The minimum atomic E-state index is -0.0382. The zero-order chi connectivity index (χ0) is 6.54. The van der Waals surface area contributed by atoms with Gasteiger partial charge in [0, 0.05) is 10.5 Å². The van der Waals surface area contributed by atoms with Crippen LogP contribution in [0.2, 0.25) is 0 Å². The maximum atomic E-state index is 8.09. The van der Waals surface area contributed by atoms with E-state index >= 15 is 0 Å². The summed E-state index contributed by atoms with van der Waals surface area (Å²) in [5.74, 6) is 0. The Balaban J connectivity index is 2.12. The van der Waals surface area contributed by atoms with Gasteiger partial charge in [-0.2, -0.15) is 0 Å². The lowest BCUT2D eigenvalue weighted by Gasteiger charge is -2.66. The number of hydrogen-bond acceptors (Lipinski definition) is 2. The molecule has 0 radical (unpaired) electrons. The number of rotatable bonds is 1. The van der Waals surface area contributed by atoms with E-state index in [9.17, 15) is 0 Å². The Hall–Kier alpha value is -0.730. The summed E-state index contributed by atoms with van der Waals surface area (Å²) in [5.41, 5.74) is 13.8. The fourth-order valence-corrected chi connectivity index (χ4v) is 2.01. The van der Waals surface area contributed by atoms with Crippen molar-refractivity contribution >= 4 is 0 Å². The van der Waals surface area contributed by atoms with Gasteiger partial charge < -0.3 is 5.73 Å². The fourth-order valence-electron chi connectivity index (χ4n) is 2.01. The molecule has 0 aromatic rings. The average Bonchev–Trinajstić information content (AvgIpc) is 1.60. The van der Waals surface area contributed by atoms with Gasteiger partial charge in [-0.1, -0.05) is 5.11 Å². The van der Waals surface area contributed by atoms with Crippen LogP contribution in [0, 0.1) is 0 Å². The lowest BCUT2D eigenvalue weighted by atomic mass is 9.45. The molecule has 48 valence electrons. The Morgan fingerprint density at radius 2 is 2.00 bits per heavy atom. The molecule has 3 rings (SSSR count). The summed E-state index contributed by atoms with van der Waals surface area (Å²) in [6, 6.07) is 0. The van der Waals surface area contributed by atoms with Gasteiger partial charge in [-0.25, -0.2) is 0 Å². The number of nitrogens with zero attached hydrogens (tertiary/aromatic N) is 3. The molecule has 0 aromatic carbocycles. The highest BCUT2D eigenvalue weighted by Gasteiger charge is 2.65. The molecule has 4 nitrogen and oxygen atoms in total. The summed E-state index contributed by atoms with van der Waals surface area (Å²) in [6.07, 6.45) is 2.72. The molecule has 0 aromatic heterocycles. The second kappa shape index (κ2) is 1.08. The second-order valence-electron chi connectivity index (χ2n) is 3.31. The van der Waals surface area contributed by atoms with Crippen molar-refractivity contribution < 1.29 is 0 Å². The van der Waals surface area contributed by atoms with E-state index in [0.717, 1.165) is 19.3 Å². The first kappa shape index (κ1) is 5.09. The smallest absolute Gasteiger partial charge is 0.0540 e. The SMILES string of the molecule is [N-]=[N+]=NC12CC(N)(C1)C2. The third-order valence-corrected chi connectivity index (χ3v) is 2.30. The van der Waals surface area contributed by atoms with Crippen LogP contribution in [-0.4, -0.2) is 11.1 Å². The second-order valence-corrected chi connectivity index (χ2v) is 3.31. The highest BCUT2D eigenvalue weighted by molar-refractivity contribution is 5.27. The van der Waals surface area contributed by atoms with Crippen molar-refractivity contribution in [2.75, 3.05) is 0 Å². The van der Waals surface area contributed by atoms with Crippen LogP contribution in [0.1, 0.15) is 19.3 Å². The molecule has 0 atom stereocenters. The Morgan fingerprint density at radius 3 is 2.33 bits per heavy atom.